The molecule has 0 heterocycles. The summed E-state index contributed by atoms with van der Waals surface area (Å²) in [5.74, 6) is -1.03. The molecule has 1 fully saturated rings. The average Bonchev–Trinajstić information content (AvgIpc) is 2.70. The van der Waals surface area contributed by atoms with Gasteiger partial charge >= 0.3 is 5.97 Å². The first-order chi connectivity index (χ1) is 12.9. The minimum atomic E-state index is -0.965. The zero-order chi connectivity index (χ0) is 20.0. The van der Waals surface area contributed by atoms with Crippen LogP contribution in [0.4, 0.5) is 5.69 Å². The zero-order valence-electron chi connectivity index (χ0n) is 15.7. The van der Waals surface area contributed by atoms with Crippen LogP contribution in [0.5, 0.6) is 11.5 Å². The van der Waals surface area contributed by atoms with Gasteiger partial charge in [-0.2, -0.15) is 0 Å². The number of nitro groups is 1. The van der Waals surface area contributed by atoms with Crippen molar-refractivity contribution in [3.05, 3.63) is 27.8 Å². The molecule has 0 saturated heterocycles. The van der Waals surface area contributed by atoms with E-state index in [0.29, 0.717) is 0 Å². The molecule has 1 aromatic carbocycles. The summed E-state index contributed by atoms with van der Waals surface area (Å²) in [5.41, 5.74) is -0.781. The van der Waals surface area contributed by atoms with E-state index in [-0.39, 0.29) is 29.0 Å². The minimum Gasteiger partial charge on any atom is -0.493 e. The number of carbonyl (C=O) groups is 2. The van der Waals surface area contributed by atoms with Gasteiger partial charge in [0, 0.05) is 19.2 Å². The van der Waals surface area contributed by atoms with Crippen molar-refractivity contribution in [2.45, 2.75) is 38.1 Å². The molecule has 148 valence electrons. The van der Waals surface area contributed by atoms with E-state index in [1.807, 2.05) is 0 Å². The maximum absolute atomic E-state index is 12.3. The first-order valence-corrected chi connectivity index (χ1v) is 8.72. The second-order valence-electron chi connectivity index (χ2n) is 6.35. The molecule has 1 saturated carbocycles. The highest BCUT2D eigenvalue weighted by atomic mass is 16.6. The van der Waals surface area contributed by atoms with Gasteiger partial charge in [0.25, 0.3) is 11.6 Å². The molecular formula is C18H24N2O7. The van der Waals surface area contributed by atoms with Crippen molar-refractivity contribution in [1.29, 1.82) is 0 Å². The van der Waals surface area contributed by atoms with E-state index in [2.05, 4.69) is 0 Å². The topological polar surface area (TPSA) is 108 Å². The summed E-state index contributed by atoms with van der Waals surface area (Å²) < 4.78 is 15.1. The van der Waals surface area contributed by atoms with Crippen molar-refractivity contribution in [2.24, 2.45) is 0 Å². The molecular weight excluding hydrogens is 356 g/mol. The van der Waals surface area contributed by atoms with E-state index in [1.54, 1.807) is 11.9 Å². The van der Waals surface area contributed by atoms with Gasteiger partial charge in [-0.15, -0.1) is 0 Å². The molecule has 2 rings (SSSR count). The van der Waals surface area contributed by atoms with Crippen LogP contribution in [0.1, 0.15) is 42.5 Å². The van der Waals surface area contributed by atoms with E-state index in [1.165, 1.54) is 20.3 Å². The number of rotatable bonds is 7. The molecule has 0 N–H and O–H groups in total. The van der Waals surface area contributed by atoms with Gasteiger partial charge < -0.3 is 19.1 Å². The summed E-state index contributed by atoms with van der Waals surface area (Å²) in [5, 5.41) is 11.3. The summed E-state index contributed by atoms with van der Waals surface area (Å²) in [7, 11) is 4.37. The molecule has 0 aromatic heterocycles. The molecule has 0 spiro atoms. The fourth-order valence-corrected chi connectivity index (χ4v) is 3.16. The quantitative estimate of drug-likeness (QED) is 0.406. The molecule has 27 heavy (non-hydrogen) atoms. The minimum absolute atomic E-state index is 0.119. The maximum atomic E-state index is 12.3. The molecule has 1 aliphatic rings. The lowest BCUT2D eigenvalue weighted by molar-refractivity contribution is -0.385. The number of amides is 1. The van der Waals surface area contributed by atoms with Crippen molar-refractivity contribution in [2.75, 3.05) is 27.9 Å². The van der Waals surface area contributed by atoms with Crippen LogP contribution in [0.2, 0.25) is 0 Å². The van der Waals surface area contributed by atoms with Gasteiger partial charge in [0.05, 0.1) is 25.2 Å². The monoisotopic (exact) mass is 380 g/mol. The van der Waals surface area contributed by atoms with Crippen molar-refractivity contribution >= 4 is 17.6 Å². The second-order valence-corrected chi connectivity index (χ2v) is 6.35. The predicted molar refractivity (Wildman–Crippen MR) is 96.1 cm³/mol. The molecule has 0 atom stereocenters. The van der Waals surface area contributed by atoms with Gasteiger partial charge in [0.15, 0.2) is 18.1 Å². The number of hydrogen-bond acceptors (Lipinski definition) is 7. The molecule has 0 unspecified atom stereocenters. The van der Waals surface area contributed by atoms with E-state index < -0.39 is 23.2 Å². The van der Waals surface area contributed by atoms with Gasteiger partial charge in [-0.1, -0.05) is 19.3 Å². The SMILES string of the molecule is COc1cc(C(=O)OCC(=O)N(C)C2CCCCC2)c([N+](=O)[O-])cc1OC. The van der Waals surface area contributed by atoms with E-state index in [4.69, 9.17) is 14.2 Å². The average molecular weight is 380 g/mol. The second kappa shape index (κ2) is 9.20. The first-order valence-electron chi connectivity index (χ1n) is 8.72. The molecule has 1 aromatic rings. The molecule has 1 aliphatic carbocycles. The highest BCUT2D eigenvalue weighted by Crippen LogP contribution is 2.34. The van der Waals surface area contributed by atoms with Crippen molar-refractivity contribution < 1.29 is 28.7 Å². The summed E-state index contributed by atoms with van der Waals surface area (Å²) in [6.45, 7) is -0.475. The predicted octanol–water partition coefficient (Wildman–Crippen LogP) is 2.56. The smallest absolute Gasteiger partial charge is 0.345 e. The number of likely N-dealkylation sites (N-methyl/N-ethyl adjacent to an activating group) is 1. The Balaban J connectivity index is 2.10. The Bertz CT molecular complexity index is 714. The third-order valence-electron chi connectivity index (χ3n) is 4.76. The van der Waals surface area contributed by atoms with Crippen LogP contribution >= 0.6 is 0 Å². The lowest BCUT2D eigenvalue weighted by atomic mass is 9.94. The molecule has 9 nitrogen and oxygen atoms in total. The molecule has 0 radical (unpaired) electrons. The Morgan fingerprint density at radius 1 is 1.15 bits per heavy atom. The fourth-order valence-electron chi connectivity index (χ4n) is 3.16. The lowest BCUT2D eigenvalue weighted by Crippen LogP contribution is -2.40. The third-order valence-corrected chi connectivity index (χ3v) is 4.76. The number of benzene rings is 1. The van der Waals surface area contributed by atoms with Gasteiger partial charge in [-0.05, 0) is 12.8 Å². The van der Waals surface area contributed by atoms with Gasteiger partial charge in [-0.25, -0.2) is 4.79 Å². The number of nitro benzene ring substituents is 1. The van der Waals surface area contributed by atoms with Crippen LogP contribution in [0.3, 0.4) is 0 Å². The fraction of sp³-hybridized carbons (Fsp3) is 0.556. The number of carbonyl (C=O) groups excluding carboxylic acids is 2. The van der Waals surface area contributed by atoms with Crippen LogP contribution in [-0.2, 0) is 9.53 Å². The Morgan fingerprint density at radius 2 is 1.74 bits per heavy atom. The molecule has 0 bridgehead atoms. The highest BCUT2D eigenvalue weighted by Gasteiger charge is 2.27. The lowest BCUT2D eigenvalue weighted by Gasteiger charge is -2.31. The van der Waals surface area contributed by atoms with Crippen molar-refractivity contribution in [1.82, 2.24) is 4.90 Å². The number of hydrogen-bond donors (Lipinski definition) is 0. The Kier molecular flexibility index (Phi) is 6.98. The number of methoxy groups -OCH3 is 2. The van der Waals surface area contributed by atoms with Crippen LogP contribution < -0.4 is 9.47 Å². The standard InChI is InChI=1S/C18H24N2O7/c1-19(12-7-5-4-6-8-12)17(21)11-27-18(22)13-9-15(25-2)16(26-3)10-14(13)20(23)24/h9-10,12H,4-8,11H2,1-3H3. The van der Waals surface area contributed by atoms with Gasteiger partial charge in [-0.3, -0.25) is 14.9 Å². The maximum Gasteiger partial charge on any atom is 0.345 e. The Morgan fingerprint density at radius 3 is 2.30 bits per heavy atom. The van der Waals surface area contributed by atoms with Crippen molar-refractivity contribution in [3.8, 4) is 11.5 Å². The first kappa shape index (κ1) is 20.5. The number of nitrogens with zero attached hydrogens (tertiary/aromatic N) is 2. The third kappa shape index (κ3) is 4.87. The van der Waals surface area contributed by atoms with Gasteiger partial charge in [0.1, 0.15) is 5.56 Å². The molecule has 9 heteroatoms. The van der Waals surface area contributed by atoms with Crippen LogP contribution in [0, 0.1) is 10.1 Å². The van der Waals surface area contributed by atoms with Gasteiger partial charge in [0.2, 0.25) is 0 Å². The highest BCUT2D eigenvalue weighted by molar-refractivity contribution is 5.96. The van der Waals surface area contributed by atoms with E-state index in [0.717, 1.165) is 38.2 Å². The molecule has 1 amide bonds. The largest absolute Gasteiger partial charge is 0.493 e. The van der Waals surface area contributed by atoms with Crippen LogP contribution in [0.25, 0.3) is 0 Å². The summed E-state index contributed by atoms with van der Waals surface area (Å²) in [6.07, 6.45) is 5.16. The Labute approximate surface area is 157 Å². The van der Waals surface area contributed by atoms with Crippen LogP contribution in [0.15, 0.2) is 12.1 Å². The normalized spacial score (nSPS) is 14.3. The van der Waals surface area contributed by atoms with Crippen molar-refractivity contribution in [3.63, 3.8) is 0 Å². The summed E-state index contributed by atoms with van der Waals surface area (Å²) in [6, 6.07) is 2.40. The van der Waals surface area contributed by atoms with Crippen LogP contribution in [-0.4, -0.2) is 55.6 Å². The zero-order valence-corrected chi connectivity index (χ0v) is 15.7. The summed E-state index contributed by atoms with van der Waals surface area (Å²) in [4.78, 5) is 36.8. The van der Waals surface area contributed by atoms with E-state index >= 15 is 0 Å². The number of esters is 1. The molecule has 0 aliphatic heterocycles. The Hall–Kier alpha value is -2.84. The van der Waals surface area contributed by atoms with E-state index in [9.17, 15) is 19.7 Å². The number of ether oxygens (including phenoxy) is 3. The summed E-state index contributed by atoms with van der Waals surface area (Å²) >= 11 is 0.